The molecule has 0 heterocycles. The maximum Gasteiger partial charge on any atom is 0.0625 e. The molecule has 1 aromatic carbocycles. The van der Waals surface area contributed by atoms with Crippen LogP contribution in [0.1, 0.15) is 11.6 Å². The van der Waals surface area contributed by atoms with Crippen LogP contribution < -0.4 is 5.73 Å². The molecule has 0 bridgehead atoms. The highest BCUT2D eigenvalue weighted by Crippen LogP contribution is 2.28. The zero-order valence-electron chi connectivity index (χ0n) is 6.30. The van der Waals surface area contributed by atoms with Crippen LogP contribution in [0.4, 0.5) is 0 Å². The van der Waals surface area contributed by atoms with Crippen LogP contribution in [0.25, 0.3) is 0 Å². The monoisotopic (exact) mass is 205 g/mol. The van der Waals surface area contributed by atoms with Crippen molar-refractivity contribution >= 4 is 23.2 Å². The summed E-state index contributed by atoms with van der Waals surface area (Å²) in [4.78, 5) is 0. The molecule has 1 rings (SSSR count). The number of halogens is 2. The SMILES string of the molecule is N[C@H](CO)c1c(Cl)cccc1Cl. The van der Waals surface area contributed by atoms with E-state index in [1.54, 1.807) is 18.2 Å². The molecule has 1 aromatic rings. The maximum atomic E-state index is 8.79. The van der Waals surface area contributed by atoms with Gasteiger partial charge in [0.05, 0.1) is 12.6 Å². The Morgan fingerprint density at radius 3 is 2.25 bits per heavy atom. The molecule has 0 aromatic heterocycles. The molecule has 0 spiro atoms. The predicted molar refractivity (Wildman–Crippen MR) is 50.5 cm³/mol. The lowest BCUT2D eigenvalue weighted by molar-refractivity contribution is 0.268. The number of benzene rings is 1. The first-order chi connectivity index (χ1) is 5.66. The average Bonchev–Trinajstić information content (AvgIpc) is 2.03. The molecule has 0 aliphatic rings. The Morgan fingerprint density at radius 1 is 1.33 bits per heavy atom. The van der Waals surface area contributed by atoms with E-state index < -0.39 is 6.04 Å². The molecule has 1 atom stereocenters. The van der Waals surface area contributed by atoms with Crippen molar-refractivity contribution in [2.75, 3.05) is 6.61 Å². The van der Waals surface area contributed by atoms with E-state index in [-0.39, 0.29) is 6.61 Å². The van der Waals surface area contributed by atoms with E-state index in [1.165, 1.54) is 0 Å². The van der Waals surface area contributed by atoms with Gasteiger partial charge in [-0.05, 0) is 12.1 Å². The van der Waals surface area contributed by atoms with Gasteiger partial charge in [0.2, 0.25) is 0 Å². The zero-order chi connectivity index (χ0) is 9.14. The van der Waals surface area contributed by atoms with Crippen LogP contribution in [-0.4, -0.2) is 11.7 Å². The van der Waals surface area contributed by atoms with E-state index in [0.29, 0.717) is 15.6 Å². The number of aliphatic hydroxyl groups excluding tert-OH is 1. The number of rotatable bonds is 2. The van der Waals surface area contributed by atoms with Crippen LogP contribution in [0, 0.1) is 0 Å². The molecular weight excluding hydrogens is 197 g/mol. The van der Waals surface area contributed by atoms with Crippen molar-refractivity contribution in [1.82, 2.24) is 0 Å². The number of hydrogen-bond donors (Lipinski definition) is 2. The van der Waals surface area contributed by atoms with Crippen molar-refractivity contribution in [1.29, 1.82) is 0 Å². The van der Waals surface area contributed by atoms with E-state index in [1.807, 2.05) is 0 Å². The van der Waals surface area contributed by atoms with Gasteiger partial charge in [0.15, 0.2) is 0 Å². The minimum Gasteiger partial charge on any atom is -0.394 e. The van der Waals surface area contributed by atoms with Crippen molar-refractivity contribution < 1.29 is 5.11 Å². The van der Waals surface area contributed by atoms with Crippen molar-refractivity contribution in [3.05, 3.63) is 33.8 Å². The molecule has 0 amide bonds. The van der Waals surface area contributed by atoms with Gasteiger partial charge in [-0.3, -0.25) is 0 Å². The van der Waals surface area contributed by atoms with Crippen LogP contribution in [0.15, 0.2) is 18.2 Å². The molecule has 66 valence electrons. The minimum absolute atomic E-state index is 0.163. The Hall–Kier alpha value is -0.280. The van der Waals surface area contributed by atoms with Gasteiger partial charge in [-0.2, -0.15) is 0 Å². The molecule has 0 aliphatic carbocycles. The number of nitrogens with two attached hydrogens (primary N) is 1. The Morgan fingerprint density at radius 2 is 1.83 bits per heavy atom. The maximum absolute atomic E-state index is 8.79. The summed E-state index contributed by atoms with van der Waals surface area (Å²) in [6.45, 7) is -0.163. The summed E-state index contributed by atoms with van der Waals surface area (Å²) < 4.78 is 0. The fraction of sp³-hybridized carbons (Fsp3) is 0.250. The molecular formula is C8H9Cl2NO. The second-order valence-electron chi connectivity index (χ2n) is 2.42. The molecule has 4 heteroatoms. The topological polar surface area (TPSA) is 46.2 Å². The number of aliphatic hydroxyl groups is 1. The van der Waals surface area contributed by atoms with E-state index >= 15 is 0 Å². The van der Waals surface area contributed by atoms with Gasteiger partial charge in [0, 0.05) is 15.6 Å². The van der Waals surface area contributed by atoms with Crippen LogP contribution >= 0.6 is 23.2 Å². The molecule has 0 fully saturated rings. The molecule has 0 aliphatic heterocycles. The third-order valence-electron chi connectivity index (χ3n) is 1.57. The summed E-state index contributed by atoms with van der Waals surface area (Å²) in [6.07, 6.45) is 0. The van der Waals surface area contributed by atoms with Crippen LogP contribution in [0.2, 0.25) is 10.0 Å². The van der Waals surface area contributed by atoms with Gasteiger partial charge in [-0.1, -0.05) is 29.3 Å². The van der Waals surface area contributed by atoms with Crippen molar-refractivity contribution in [2.45, 2.75) is 6.04 Å². The number of hydrogen-bond acceptors (Lipinski definition) is 2. The van der Waals surface area contributed by atoms with Crippen molar-refractivity contribution in [3.8, 4) is 0 Å². The quantitative estimate of drug-likeness (QED) is 0.777. The van der Waals surface area contributed by atoms with Crippen LogP contribution in [0.3, 0.4) is 0 Å². The highest BCUT2D eigenvalue weighted by Gasteiger charge is 2.12. The summed E-state index contributed by atoms with van der Waals surface area (Å²) >= 11 is 11.7. The molecule has 2 nitrogen and oxygen atoms in total. The summed E-state index contributed by atoms with van der Waals surface area (Å²) in [5.74, 6) is 0. The van der Waals surface area contributed by atoms with Gasteiger partial charge in [0.25, 0.3) is 0 Å². The second-order valence-corrected chi connectivity index (χ2v) is 3.24. The predicted octanol–water partition coefficient (Wildman–Crippen LogP) is 1.99. The average molecular weight is 206 g/mol. The van der Waals surface area contributed by atoms with Gasteiger partial charge in [0.1, 0.15) is 0 Å². The third kappa shape index (κ3) is 1.90. The standard InChI is InChI=1S/C8H9Cl2NO/c9-5-2-1-3-6(10)8(5)7(11)4-12/h1-3,7,12H,4,11H2/t7-/m1/s1. The molecule has 0 saturated carbocycles. The Balaban J connectivity index is 3.12. The van der Waals surface area contributed by atoms with E-state index in [0.717, 1.165) is 0 Å². The van der Waals surface area contributed by atoms with E-state index in [2.05, 4.69) is 0 Å². The highest BCUT2D eigenvalue weighted by molar-refractivity contribution is 6.36. The van der Waals surface area contributed by atoms with Gasteiger partial charge in [-0.15, -0.1) is 0 Å². The van der Waals surface area contributed by atoms with Crippen LogP contribution in [-0.2, 0) is 0 Å². The van der Waals surface area contributed by atoms with Crippen molar-refractivity contribution in [2.24, 2.45) is 5.73 Å². The molecule has 0 unspecified atom stereocenters. The largest absolute Gasteiger partial charge is 0.394 e. The van der Waals surface area contributed by atoms with Crippen LogP contribution in [0.5, 0.6) is 0 Å². The zero-order valence-corrected chi connectivity index (χ0v) is 7.81. The Kier molecular flexibility index (Phi) is 3.35. The lowest BCUT2D eigenvalue weighted by Crippen LogP contribution is -2.15. The van der Waals surface area contributed by atoms with Crippen molar-refractivity contribution in [3.63, 3.8) is 0 Å². The molecule has 12 heavy (non-hydrogen) atoms. The van der Waals surface area contributed by atoms with E-state index in [4.69, 9.17) is 34.0 Å². The van der Waals surface area contributed by atoms with Gasteiger partial charge < -0.3 is 10.8 Å². The summed E-state index contributed by atoms with van der Waals surface area (Å²) in [5.41, 5.74) is 6.18. The van der Waals surface area contributed by atoms with E-state index in [9.17, 15) is 0 Å². The minimum atomic E-state index is -0.508. The summed E-state index contributed by atoms with van der Waals surface area (Å²) in [6, 6.07) is 4.61. The molecule has 0 saturated heterocycles. The first-order valence-electron chi connectivity index (χ1n) is 3.47. The lowest BCUT2D eigenvalue weighted by Gasteiger charge is -2.11. The fourth-order valence-electron chi connectivity index (χ4n) is 0.956. The smallest absolute Gasteiger partial charge is 0.0625 e. The van der Waals surface area contributed by atoms with Gasteiger partial charge >= 0.3 is 0 Å². The lowest BCUT2D eigenvalue weighted by atomic mass is 10.1. The highest BCUT2D eigenvalue weighted by atomic mass is 35.5. The first kappa shape index (κ1) is 9.81. The van der Waals surface area contributed by atoms with Gasteiger partial charge in [-0.25, -0.2) is 0 Å². The Bertz CT molecular complexity index is 258. The second kappa shape index (κ2) is 4.10. The normalized spacial score (nSPS) is 13.0. The first-order valence-corrected chi connectivity index (χ1v) is 4.22. The molecule has 3 N–H and O–H groups in total. The summed E-state index contributed by atoms with van der Waals surface area (Å²) in [5, 5.41) is 9.77. The summed E-state index contributed by atoms with van der Waals surface area (Å²) in [7, 11) is 0. The fourth-order valence-corrected chi connectivity index (χ4v) is 1.63. The Labute approximate surface area is 80.9 Å². The third-order valence-corrected chi connectivity index (χ3v) is 2.23. The molecule has 0 radical (unpaired) electrons.